The number of hydrogen-bond donors (Lipinski definition) is 2. The van der Waals surface area contributed by atoms with Crippen molar-refractivity contribution in [1.29, 1.82) is 0 Å². The van der Waals surface area contributed by atoms with Crippen molar-refractivity contribution in [2.45, 2.75) is 25.3 Å². The molecule has 0 spiro atoms. The average Bonchev–Trinajstić information content (AvgIpc) is 2.99. The summed E-state index contributed by atoms with van der Waals surface area (Å²) < 4.78 is 37.8. The summed E-state index contributed by atoms with van der Waals surface area (Å²) in [5.41, 5.74) is 0.0767. The third-order valence-corrected chi connectivity index (χ3v) is 5.02. The Morgan fingerprint density at radius 3 is 2.71 bits per heavy atom. The van der Waals surface area contributed by atoms with Crippen molar-refractivity contribution in [3.05, 3.63) is 30.1 Å². The number of nitrogens with zero attached hydrogens (tertiary/aromatic N) is 1. The maximum Gasteiger partial charge on any atom is 0.238 e. The molecular formula is C15H20FN3O4S. The lowest BCUT2D eigenvalue weighted by Crippen LogP contribution is -2.46. The minimum absolute atomic E-state index is 0.0360. The van der Waals surface area contributed by atoms with Gasteiger partial charge < -0.3 is 10.6 Å². The van der Waals surface area contributed by atoms with Gasteiger partial charge in [0.25, 0.3) is 0 Å². The van der Waals surface area contributed by atoms with Crippen LogP contribution >= 0.6 is 0 Å². The molecule has 2 N–H and O–H groups in total. The van der Waals surface area contributed by atoms with Crippen LogP contribution in [0.1, 0.15) is 19.3 Å². The molecule has 2 amide bonds. The van der Waals surface area contributed by atoms with Gasteiger partial charge in [-0.15, -0.1) is 0 Å². The van der Waals surface area contributed by atoms with Gasteiger partial charge in [0.05, 0.1) is 11.9 Å². The molecule has 0 radical (unpaired) electrons. The molecule has 1 fully saturated rings. The number of rotatable bonds is 6. The summed E-state index contributed by atoms with van der Waals surface area (Å²) in [6.45, 7) is 0.373. The largest absolute Gasteiger partial charge is 0.354 e. The molecule has 1 aromatic carbocycles. The van der Waals surface area contributed by atoms with E-state index in [-0.39, 0.29) is 18.7 Å². The molecule has 9 heteroatoms. The van der Waals surface area contributed by atoms with Gasteiger partial charge in [0, 0.05) is 19.5 Å². The van der Waals surface area contributed by atoms with E-state index in [2.05, 4.69) is 10.6 Å². The number of halogens is 1. The van der Waals surface area contributed by atoms with E-state index in [9.17, 15) is 22.4 Å². The van der Waals surface area contributed by atoms with E-state index in [0.717, 1.165) is 6.26 Å². The van der Waals surface area contributed by atoms with Crippen LogP contribution in [0.15, 0.2) is 24.3 Å². The molecule has 0 aliphatic carbocycles. The fraction of sp³-hybridized carbons (Fsp3) is 0.467. The van der Waals surface area contributed by atoms with Gasteiger partial charge in [0.2, 0.25) is 21.8 Å². The summed E-state index contributed by atoms with van der Waals surface area (Å²) in [7, 11) is -3.43. The lowest BCUT2D eigenvalue weighted by molar-refractivity contribution is -0.124. The zero-order valence-electron chi connectivity index (χ0n) is 13.3. The van der Waals surface area contributed by atoms with Crippen molar-refractivity contribution < 1.29 is 22.4 Å². The van der Waals surface area contributed by atoms with Crippen LogP contribution in [-0.2, 0) is 19.6 Å². The van der Waals surface area contributed by atoms with E-state index in [0.29, 0.717) is 19.4 Å². The maximum atomic E-state index is 13.4. The Morgan fingerprint density at radius 1 is 1.33 bits per heavy atom. The normalized spacial score (nSPS) is 18.3. The SMILES string of the molecule is CS(=O)(=O)N1CCCC1C(=O)NCCC(=O)Nc1ccccc1F. The predicted molar refractivity (Wildman–Crippen MR) is 87.2 cm³/mol. The molecule has 0 aromatic heterocycles. The van der Waals surface area contributed by atoms with Crippen molar-refractivity contribution in [2.24, 2.45) is 0 Å². The molecule has 1 unspecified atom stereocenters. The molecule has 0 bridgehead atoms. The first-order valence-corrected chi connectivity index (χ1v) is 9.43. The van der Waals surface area contributed by atoms with Gasteiger partial charge in [-0.3, -0.25) is 9.59 Å². The van der Waals surface area contributed by atoms with Crippen molar-refractivity contribution in [3.63, 3.8) is 0 Å². The minimum Gasteiger partial charge on any atom is -0.354 e. The standard InChI is InChI=1S/C15H20FN3O4S/c1-24(22,23)19-10-4-7-13(19)15(21)17-9-8-14(20)18-12-6-3-2-5-11(12)16/h2-3,5-6,13H,4,7-10H2,1H3,(H,17,21)(H,18,20). The highest BCUT2D eigenvalue weighted by Crippen LogP contribution is 2.20. The summed E-state index contributed by atoms with van der Waals surface area (Å²) in [5, 5.41) is 4.97. The van der Waals surface area contributed by atoms with E-state index in [1.54, 1.807) is 6.07 Å². The molecular weight excluding hydrogens is 337 g/mol. The van der Waals surface area contributed by atoms with Crippen LogP contribution in [0.3, 0.4) is 0 Å². The first kappa shape index (κ1) is 18.3. The van der Waals surface area contributed by atoms with Crippen LogP contribution in [0.5, 0.6) is 0 Å². The third kappa shape index (κ3) is 4.75. The van der Waals surface area contributed by atoms with Crippen LogP contribution in [0.25, 0.3) is 0 Å². The highest BCUT2D eigenvalue weighted by Gasteiger charge is 2.36. The van der Waals surface area contributed by atoms with Gasteiger partial charge in [-0.05, 0) is 25.0 Å². The maximum absolute atomic E-state index is 13.4. The number of carbonyl (C=O) groups is 2. The molecule has 2 rings (SSSR count). The van der Waals surface area contributed by atoms with Crippen LogP contribution in [-0.4, -0.2) is 49.9 Å². The molecule has 1 heterocycles. The van der Waals surface area contributed by atoms with Crippen LogP contribution in [0.4, 0.5) is 10.1 Å². The second-order valence-electron chi connectivity index (χ2n) is 5.60. The molecule has 7 nitrogen and oxygen atoms in total. The van der Waals surface area contributed by atoms with E-state index in [1.165, 1.54) is 22.5 Å². The summed E-state index contributed by atoms with van der Waals surface area (Å²) in [6.07, 6.45) is 2.12. The Labute approximate surface area is 140 Å². The molecule has 1 aromatic rings. The van der Waals surface area contributed by atoms with Crippen molar-refractivity contribution in [1.82, 2.24) is 9.62 Å². The van der Waals surface area contributed by atoms with Gasteiger partial charge >= 0.3 is 0 Å². The summed E-state index contributed by atoms with van der Waals surface area (Å²) in [5.74, 6) is -1.40. The predicted octanol–water partition coefficient (Wildman–Crippen LogP) is 0.694. The van der Waals surface area contributed by atoms with Gasteiger partial charge in [-0.25, -0.2) is 12.8 Å². The Hall–Kier alpha value is -2.00. The van der Waals surface area contributed by atoms with Crippen LogP contribution in [0.2, 0.25) is 0 Å². The van der Waals surface area contributed by atoms with Crippen LogP contribution in [0, 0.1) is 5.82 Å². The van der Waals surface area contributed by atoms with Gasteiger partial charge in [0.15, 0.2) is 0 Å². The lowest BCUT2D eigenvalue weighted by Gasteiger charge is -2.21. The molecule has 24 heavy (non-hydrogen) atoms. The number of sulfonamides is 1. The zero-order chi connectivity index (χ0) is 17.7. The van der Waals surface area contributed by atoms with Gasteiger partial charge in [-0.1, -0.05) is 12.1 Å². The second kappa shape index (κ2) is 7.71. The number of benzene rings is 1. The topological polar surface area (TPSA) is 95.6 Å². The van der Waals surface area contributed by atoms with Crippen molar-refractivity contribution >= 4 is 27.5 Å². The highest BCUT2D eigenvalue weighted by atomic mass is 32.2. The van der Waals surface area contributed by atoms with Crippen molar-refractivity contribution in [2.75, 3.05) is 24.7 Å². The summed E-state index contributed by atoms with van der Waals surface area (Å²) >= 11 is 0. The van der Waals surface area contributed by atoms with Gasteiger partial charge in [-0.2, -0.15) is 4.31 Å². The molecule has 1 aliphatic rings. The van der Waals surface area contributed by atoms with E-state index in [1.807, 2.05) is 0 Å². The van der Waals surface area contributed by atoms with Gasteiger partial charge in [0.1, 0.15) is 11.9 Å². The molecule has 1 atom stereocenters. The van der Waals surface area contributed by atoms with Crippen LogP contribution < -0.4 is 10.6 Å². The first-order valence-electron chi connectivity index (χ1n) is 7.58. The van der Waals surface area contributed by atoms with E-state index < -0.39 is 33.7 Å². The monoisotopic (exact) mass is 357 g/mol. The lowest BCUT2D eigenvalue weighted by atomic mass is 10.2. The number of anilines is 1. The molecule has 0 saturated carbocycles. The first-order chi connectivity index (χ1) is 11.3. The second-order valence-corrected chi connectivity index (χ2v) is 7.54. The molecule has 1 aliphatic heterocycles. The Balaban J connectivity index is 1.80. The number of hydrogen-bond acceptors (Lipinski definition) is 4. The molecule has 1 saturated heterocycles. The smallest absolute Gasteiger partial charge is 0.238 e. The Morgan fingerprint density at radius 2 is 2.04 bits per heavy atom. The van der Waals surface area contributed by atoms with Crippen molar-refractivity contribution in [3.8, 4) is 0 Å². The van der Waals surface area contributed by atoms with E-state index >= 15 is 0 Å². The quantitative estimate of drug-likeness (QED) is 0.783. The minimum atomic E-state index is -3.43. The fourth-order valence-electron chi connectivity index (χ4n) is 2.59. The number of amides is 2. The summed E-state index contributed by atoms with van der Waals surface area (Å²) in [4.78, 5) is 23.8. The number of nitrogens with one attached hydrogen (secondary N) is 2. The Kier molecular flexibility index (Phi) is 5.89. The third-order valence-electron chi connectivity index (χ3n) is 3.73. The fourth-order valence-corrected chi connectivity index (χ4v) is 3.72. The highest BCUT2D eigenvalue weighted by molar-refractivity contribution is 7.88. The number of carbonyl (C=O) groups excluding carboxylic acids is 2. The Bertz CT molecular complexity index is 723. The van der Waals surface area contributed by atoms with E-state index in [4.69, 9.17) is 0 Å². The summed E-state index contributed by atoms with van der Waals surface area (Å²) in [6, 6.07) is 5.06. The number of para-hydroxylation sites is 1. The molecule has 132 valence electrons. The average molecular weight is 357 g/mol. The zero-order valence-corrected chi connectivity index (χ0v) is 14.1.